The Labute approximate surface area is 108 Å². The number of pyridine rings is 1. The molecule has 1 aromatic rings. The van der Waals surface area contributed by atoms with Crippen molar-refractivity contribution in [3.05, 3.63) is 28.5 Å². The van der Waals surface area contributed by atoms with Gasteiger partial charge in [-0.25, -0.2) is 4.98 Å². The molecular formula is C11H14BrN3O2. The lowest BCUT2D eigenvalue weighted by Gasteiger charge is -2.17. The number of aromatic nitrogens is 1. The van der Waals surface area contributed by atoms with Crippen molar-refractivity contribution < 1.29 is 9.59 Å². The molecule has 2 amide bonds. The lowest BCUT2D eigenvalue weighted by atomic mass is 10.2. The Morgan fingerprint density at radius 1 is 1.41 bits per heavy atom. The highest BCUT2D eigenvalue weighted by molar-refractivity contribution is 9.10. The summed E-state index contributed by atoms with van der Waals surface area (Å²) in [7, 11) is 3.29. The van der Waals surface area contributed by atoms with E-state index >= 15 is 0 Å². The molecule has 0 aromatic carbocycles. The molecule has 6 heteroatoms. The van der Waals surface area contributed by atoms with Crippen LogP contribution in [-0.2, 0) is 4.79 Å². The SMILES string of the molecule is CC(NC(=O)c1ccc(Br)nc1)C(=O)N(C)C. The quantitative estimate of drug-likeness (QED) is 0.849. The van der Waals surface area contributed by atoms with Crippen LogP contribution < -0.4 is 5.32 Å². The first-order chi connectivity index (χ1) is 7.91. The van der Waals surface area contributed by atoms with Crippen LogP contribution in [0.25, 0.3) is 0 Å². The molecule has 5 nitrogen and oxygen atoms in total. The first kappa shape index (κ1) is 13.6. The monoisotopic (exact) mass is 299 g/mol. The molecule has 0 aliphatic rings. The van der Waals surface area contributed by atoms with E-state index in [1.165, 1.54) is 11.1 Å². The van der Waals surface area contributed by atoms with Crippen LogP contribution in [0.1, 0.15) is 17.3 Å². The van der Waals surface area contributed by atoms with Gasteiger partial charge in [0, 0.05) is 20.3 Å². The molecule has 1 atom stereocenters. The zero-order chi connectivity index (χ0) is 13.0. The maximum Gasteiger partial charge on any atom is 0.253 e. The molecule has 0 saturated carbocycles. The minimum absolute atomic E-state index is 0.150. The molecule has 17 heavy (non-hydrogen) atoms. The Morgan fingerprint density at radius 2 is 2.06 bits per heavy atom. The van der Waals surface area contributed by atoms with Gasteiger partial charge in [0.1, 0.15) is 10.6 Å². The third-order valence-corrected chi connectivity index (χ3v) is 2.62. The van der Waals surface area contributed by atoms with E-state index in [4.69, 9.17) is 0 Å². The van der Waals surface area contributed by atoms with Crippen LogP contribution in [0.4, 0.5) is 0 Å². The second-order valence-electron chi connectivity index (χ2n) is 3.80. The smallest absolute Gasteiger partial charge is 0.253 e. The fourth-order valence-corrected chi connectivity index (χ4v) is 1.47. The van der Waals surface area contributed by atoms with Crippen molar-refractivity contribution in [3.8, 4) is 0 Å². The van der Waals surface area contributed by atoms with Crippen molar-refractivity contribution in [1.82, 2.24) is 15.2 Å². The molecule has 1 unspecified atom stereocenters. The number of carbonyl (C=O) groups is 2. The predicted molar refractivity (Wildman–Crippen MR) is 67.6 cm³/mol. The van der Waals surface area contributed by atoms with E-state index in [1.807, 2.05) is 0 Å². The van der Waals surface area contributed by atoms with Crippen molar-refractivity contribution in [3.63, 3.8) is 0 Å². The third kappa shape index (κ3) is 3.81. The lowest BCUT2D eigenvalue weighted by molar-refractivity contribution is -0.130. The number of amides is 2. The number of hydrogen-bond donors (Lipinski definition) is 1. The van der Waals surface area contributed by atoms with Gasteiger partial charge in [-0.05, 0) is 35.0 Å². The van der Waals surface area contributed by atoms with Crippen molar-refractivity contribution in [2.45, 2.75) is 13.0 Å². The maximum absolute atomic E-state index is 11.8. The Balaban J connectivity index is 2.66. The number of hydrogen-bond acceptors (Lipinski definition) is 3. The van der Waals surface area contributed by atoms with Gasteiger partial charge < -0.3 is 10.2 Å². The molecule has 0 fully saturated rings. The van der Waals surface area contributed by atoms with E-state index < -0.39 is 6.04 Å². The minimum Gasteiger partial charge on any atom is -0.347 e. The zero-order valence-electron chi connectivity index (χ0n) is 9.90. The van der Waals surface area contributed by atoms with Gasteiger partial charge in [-0.3, -0.25) is 9.59 Å². The molecule has 0 aliphatic heterocycles. The summed E-state index contributed by atoms with van der Waals surface area (Å²) >= 11 is 3.18. The van der Waals surface area contributed by atoms with Crippen molar-refractivity contribution >= 4 is 27.7 Å². The number of nitrogens with zero attached hydrogens (tertiary/aromatic N) is 2. The van der Waals surface area contributed by atoms with Gasteiger partial charge in [0.25, 0.3) is 5.91 Å². The van der Waals surface area contributed by atoms with Crippen LogP contribution in [0.2, 0.25) is 0 Å². The van der Waals surface area contributed by atoms with Gasteiger partial charge >= 0.3 is 0 Å². The Bertz CT molecular complexity index is 417. The Hall–Kier alpha value is -1.43. The van der Waals surface area contributed by atoms with Crippen LogP contribution in [0, 0.1) is 0 Å². The fourth-order valence-electron chi connectivity index (χ4n) is 1.24. The van der Waals surface area contributed by atoms with Crippen LogP contribution in [0.3, 0.4) is 0 Å². The molecule has 0 spiro atoms. The van der Waals surface area contributed by atoms with Gasteiger partial charge in [0.05, 0.1) is 5.56 Å². The van der Waals surface area contributed by atoms with E-state index in [0.717, 1.165) is 0 Å². The number of likely N-dealkylation sites (N-methyl/N-ethyl adjacent to an activating group) is 1. The fraction of sp³-hybridized carbons (Fsp3) is 0.364. The predicted octanol–water partition coefficient (Wildman–Crippen LogP) is 1.05. The van der Waals surface area contributed by atoms with E-state index in [1.54, 1.807) is 33.2 Å². The van der Waals surface area contributed by atoms with E-state index in [-0.39, 0.29) is 11.8 Å². The summed E-state index contributed by atoms with van der Waals surface area (Å²) in [6.07, 6.45) is 1.45. The zero-order valence-corrected chi connectivity index (χ0v) is 11.5. The molecule has 92 valence electrons. The Kier molecular flexibility index (Phi) is 4.62. The summed E-state index contributed by atoms with van der Waals surface area (Å²) in [4.78, 5) is 28.7. The average Bonchev–Trinajstić information content (AvgIpc) is 2.28. The highest BCUT2D eigenvalue weighted by atomic mass is 79.9. The van der Waals surface area contributed by atoms with Crippen LogP contribution in [-0.4, -0.2) is 41.8 Å². The van der Waals surface area contributed by atoms with Gasteiger partial charge in [-0.2, -0.15) is 0 Å². The standard InChI is InChI=1S/C11H14BrN3O2/c1-7(11(17)15(2)3)14-10(16)8-4-5-9(12)13-6-8/h4-7H,1-3H3,(H,14,16). The molecule has 0 saturated heterocycles. The van der Waals surface area contributed by atoms with E-state index in [2.05, 4.69) is 26.2 Å². The number of rotatable bonds is 3. The highest BCUT2D eigenvalue weighted by Crippen LogP contribution is 2.06. The van der Waals surface area contributed by atoms with Crippen molar-refractivity contribution in [2.24, 2.45) is 0 Å². The summed E-state index contributed by atoms with van der Waals surface area (Å²) in [5.41, 5.74) is 0.423. The lowest BCUT2D eigenvalue weighted by Crippen LogP contribution is -2.44. The number of carbonyl (C=O) groups excluding carboxylic acids is 2. The molecule has 0 radical (unpaired) electrons. The number of halogens is 1. The van der Waals surface area contributed by atoms with Gasteiger partial charge in [-0.15, -0.1) is 0 Å². The van der Waals surface area contributed by atoms with E-state index in [9.17, 15) is 9.59 Å². The summed E-state index contributed by atoms with van der Waals surface area (Å²) < 4.78 is 0.659. The second-order valence-corrected chi connectivity index (χ2v) is 4.61. The van der Waals surface area contributed by atoms with Gasteiger partial charge in [-0.1, -0.05) is 0 Å². The first-order valence-corrected chi connectivity index (χ1v) is 5.84. The molecule has 0 aliphatic carbocycles. The first-order valence-electron chi connectivity index (χ1n) is 5.05. The number of nitrogens with one attached hydrogen (secondary N) is 1. The van der Waals surface area contributed by atoms with Gasteiger partial charge in [0.2, 0.25) is 5.91 Å². The summed E-state index contributed by atoms with van der Waals surface area (Å²) in [6, 6.07) is 2.76. The molecule has 1 heterocycles. The summed E-state index contributed by atoms with van der Waals surface area (Å²) in [5.74, 6) is -0.462. The third-order valence-electron chi connectivity index (χ3n) is 2.15. The molecular weight excluding hydrogens is 286 g/mol. The van der Waals surface area contributed by atoms with Crippen molar-refractivity contribution in [1.29, 1.82) is 0 Å². The van der Waals surface area contributed by atoms with Gasteiger partial charge in [0.15, 0.2) is 0 Å². The van der Waals surface area contributed by atoms with Crippen LogP contribution in [0.15, 0.2) is 22.9 Å². The molecule has 1 rings (SSSR count). The molecule has 0 bridgehead atoms. The molecule has 1 aromatic heterocycles. The Morgan fingerprint density at radius 3 is 2.53 bits per heavy atom. The second kappa shape index (κ2) is 5.77. The molecule has 1 N–H and O–H groups in total. The highest BCUT2D eigenvalue weighted by Gasteiger charge is 2.17. The van der Waals surface area contributed by atoms with Crippen LogP contribution in [0.5, 0.6) is 0 Å². The topological polar surface area (TPSA) is 62.3 Å². The minimum atomic E-state index is -0.554. The summed E-state index contributed by atoms with van der Waals surface area (Å²) in [6.45, 7) is 1.65. The normalized spacial score (nSPS) is 11.8. The van der Waals surface area contributed by atoms with E-state index in [0.29, 0.717) is 10.2 Å². The summed E-state index contributed by atoms with van der Waals surface area (Å²) in [5, 5.41) is 2.61. The van der Waals surface area contributed by atoms with Crippen molar-refractivity contribution in [2.75, 3.05) is 14.1 Å². The largest absolute Gasteiger partial charge is 0.347 e. The maximum atomic E-state index is 11.8. The van der Waals surface area contributed by atoms with Crippen LogP contribution >= 0.6 is 15.9 Å². The average molecular weight is 300 g/mol.